The van der Waals surface area contributed by atoms with Gasteiger partial charge in [0.2, 0.25) is 5.91 Å². The van der Waals surface area contributed by atoms with E-state index >= 15 is 0 Å². The number of benzene rings is 1. The SMILES string of the molecule is CC(C(=O)Nc1ccccc1C#N)S(=O)C(C)(C)C. The van der Waals surface area contributed by atoms with Crippen molar-refractivity contribution in [3.63, 3.8) is 0 Å². The molecule has 0 aliphatic rings. The second-order valence-electron chi connectivity index (χ2n) is 5.20. The topological polar surface area (TPSA) is 70.0 Å². The number of hydrogen-bond donors (Lipinski definition) is 1. The maximum absolute atomic E-state index is 12.1. The van der Waals surface area contributed by atoms with E-state index in [0.29, 0.717) is 11.3 Å². The highest BCUT2D eigenvalue weighted by Gasteiger charge is 2.29. The van der Waals surface area contributed by atoms with Gasteiger partial charge in [0.1, 0.15) is 11.3 Å². The molecule has 1 aromatic carbocycles. The second kappa shape index (κ2) is 5.98. The van der Waals surface area contributed by atoms with Crippen molar-refractivity contribution in [3.05, 3.63) is 29.8 Å². The molecule has 2 unspecified atom stereocenters. The van der Waals surface area contributed by atoms with Gasteiger partial charge in [-0.15, -0.1) is 0 Å². The van der Waals surface area contributed by atoms with E-state index in [0.717, 1.165) is 0 Å². The maximum Gasteiger partial charge on any atom is 0.239 e. The Bertz CT molecular complexity index is 541. The fourth-order valence-corrected chi connectivity index (χ4v) is 2.87. The largest absolute Gasteiger partial charge is 0.324 e. The van der Waals surface area contributed by atoms with Gasteiger partial charge < -0.3 is 5.32 Å². The lowest BCUT2D eigenvalue weighted by atomic mass is 10.2. The summed E-state index contributed by atoms with van der Waals surface area (Å²) in [4.78, 5) is 12.1. The number of nitrogens with one attached hydrogen (secondary N) is 1. The van der Waals surface area contributed by atoms with E-state index in [1.807, 2.05) is 26.8 Å². The Hall–Kier alpha value is -1.67. The third-order valence-corrected chi connectivity index (χ3v) is 4.66. The molecule has 2 atom stereocenters. The highest BCUT2D eigenvalue weighted by atomic mass is 32.2. The quantitative estimate of drug-likeness (QED) is 0.923. The summed E-state index contributed by atoms with van der Waals surface area (Å²) in [7, 11) is -1.29. The van der Waals surface area contributed by atoms with Gasteiger partial charge in [0.25, 0.3) is 0 Å². The van der Waals surface area contributed by atoms with Crippen molar-refractivity contribution in [2.75, 3.05) is 5.32 Å². The third kappa shape index (κ3) is 3.90. The highest BCUT2D eigenvalue weighted by Crippen LogP contribution is 2.19. The third-order valence-electron chi connectivity index (χ3n) is 2.60. The Morgan fingerprint density at radius 3 is 2.47 bits per heavy atom. The Balaban J connectivity index is 2.87. The van der Waals surface area contributed by atoms with Gasteiger partial charge in [0, 0.05) is 15.5 Å². The minimum Gasteiger partial charge on any atom is -0.324 e. The van der Waals surface area contributed by atoms with Crippen molar-refractivity contribution < 1.29 is 9.00 Å². The van der Waals surface area contributed by atoms with Crippen LogP contribution in [0.5, 0.6) is 0 Å². The van der Waals surface area contributed by atoms with Crippen LogP contribution in [0.15, 0.2) is 24.3 Å². The predicted octanol–water partition coefficient (Wildman–Crippen LogP) is 2.43. The summed E-state index contributed by atoms with van der Waals surface area (Å²) in [6, 6.07) is 8.76. The van der Waals surface area contributed by atoms with Gasteiger partial charge in [0.05, 0.1) is 11.3 Å². The second-order valence-corrected chi connectivity index (χ2v) is 7.73. The molecule has 0 aliphatic carbocycles. The number of amides is 1. The summed E-state index contributed by atoms with van der Waals surface area (Å²) >= 11 is 0. The summed E-state index contributed by atoms with van der Waals surface area (Å²) in [6.07, 6.45) is 0. The number of para-hydroxylation sites is 1. The van der Waals surface area contributed by atoms with Crippen LogP contribution in [0.3, 0.4) is 0 Å². The first kappa shape index (κ1) is 15.4. The van der Waals surface area contributed by atoms with Crippen LogP contribution in [0.25, 0.3) is 0 Å². The zero-order valence-electron chi connectivity index (χ0n) is 11.6. The molecule has 0 bridgehead atoms. The van der Waals surface area contributed by atoms with Crippen LogP contribution in [0.1, 0.15) is 33.3 Å². The molecule has 1 rings (SSSR count). The Labute approximate surface area is 116 Å². The average molecular weight is 278 g/mol. The predicted molar refractivity (Wildman–Crippen MR) is 77.1 cm³/mol. The molecule has 1 N–H and O–H groups in total. The van der Waals surface area contributed by atoms with Crippen LogP contribution in [0.2, 0.25) is 0 Å². The zero-order valence-corrected chi connectivity index (χ0v) is 12.4. The molecule has 0 heterocycles. The lowest BCUT2D eigenvalue weighted by molar-refractivity contribution is -0.115. The zero-order chi connectivity index (χ0) is 14.6. The molecule has 0 saturated carbocycles. The lowest BCUT2D eigenvalue weighted by Crippen LogP contribution is -2.37. The highest BCUT2D eigenvalue weighted by molar-refractivity contribution is 7.87. The first-order valence-corrected chi connectivity index (χ1v) is 7.19. The first-order valence-electron chi connectivity index (χ1n) is 5.98. The monoisotopic (exact) mass is 278 g/mol. The summed E-state index contributed by atoms with van der Waals surface area (Å²) in [5.41, 5.74) is 0.845. The van der Waals surface area contributed by atoms with Crippen molar-refractivity contribution in [2.45, 2.75) is 37.7 Å². The van der Waals surface area contributed by atoms with Crippen molar-refractivity contribution in [3.8, 4) is 6.07 Å². The fraction of sp³-hybridized carbons (Fsp3) is 0.429. The number of anilines is 1. The van der Waals surface area contributed by atoms with Crippen LogP contribution in [0.4, 0.5) is 5.69 Å². The van der Waals surface area contributed by atoms with E-state index in [1.165, 1.54) is 0 Å². The molecule has 0 aromatic heterocycles. The van der Waals surface area contributed by atoms with Crippen molar-refractivity contribution in [1.82, 2.24) is 0 Å². The molecule has 1 aromatic rings. The minimum atomic E-state index is -1.29. The number of nitriles is 1. The van der Waals surface area contributed by atoms with Crippen LogP contribution in [-0.4, -0.2) is 20.1 Å². The van der Waals surface area contributed by atoms with Crippen molar-refractivity contribution in [2.24, 2.45) is 0 Å². The number of rotatable bonds is 3. The van der Waals surface area contributed by atoms with Gasteiger partial charge >= 0.3 is 0 Å². The van der Waals surface area contributed by atoms with Gasteiger partial charge in [-0.1, -0.05) is 12.1 Å². The van der Waals surface area contributed by atoms with Crippen LogP contribution < -0.4 is 5.32 Å². The number of carbonyl (C=O) groups is 1. The van der Waals surface area contributed by atoms with E-state index in [4.69, 9.17) is 5.26 Å². The van der Waals surface area contributed by atoms with Gasteiger partial charge in [-0.25, -0.2) is 0 Å². The molecule has 0 radical (unpaired) electrons. The van der Waals surface area contributed by atoms with E-state index in [1.54, 1.807) is 31.2 Å². The Kier molecular flexibility index (Phi) is 4.84. The number of nitrogens with zero attached hydrogens (tertiary/aromatic N) is 1. The molecular weight excluding hydrogens is 260 g/mol. The van der Waals surface area contributed by atoms with Crippen LogP contribution in [-0.2, 0) is 15.6 Å². The molecular formula is C14H18N2O2S. The van der Waals surface area contributed by atoms with Crippen LogP contribution >= 0.6 is 0 Å². The minimum absolute atomic E-state index is 0.337. The summed E-state index contributed by atoms with van der Waals surface area (Å²) in [6.45, 7) is 7.12. The van der Waals surface area contributed by atoms with Gasteiger partial charge in [-0.2, -0.15) is 5.26 Å². The Morgan fingerprint density at radius 1 is 1.37 bits per heavy atom. The number of hydrogen-bond acceptors (Lipinski definition) is 3. The molecule has 0 saturated heterocycles. The molecule has 19 heavy (non-hydrogen) atoms. The Morgan fingerprint density at radius 2 is 1.95 bits per heavy atom. The van der Waals surface area contributed by atoms with Gasteiger partial charge in [-0.3, -0.25) is 9.00 Å². The van der Waals surface area contributed by atoms with E-state index in [9.17, 15) is 9.00 Å². The average Bonchev–Trinajstić information content (AvgIpc) is 2.36. The smallest absolute Gasteiger partial charge is 0.239 e. The van der Waals surface area contributed by atoms with Crippen molar-refractivity contribution >= 4 is 22.4 Å². The summed E-state index contributed by atoms with van der Waals surface area (Å²) < 4.78 is 11.7. The van der Waals surface area contributed by atoms with E-state index in [-0.39, 0.29) is 5.91 Å². The molecule has 5 heteroatoms. The standard InChI is InChI=1S/C14H18N2O2S/c1-10(19(18)14(2,3)4)13(17)16-12-8-6-5-7-11(12)9-15/h5-8,10H,1-4H3,(H,16,17). The molecule has 1 amide bonds. The fourth-order valence-electron chi connectivity index (χ4n) is 1.55. The lowest BCUT2D eigenvalue weighted by Gasteiger charge is -2.22. The molecule has 0 spiro atoms. The first-order chi connectivity index (χ1) is 8.77. The summed E-state index contributed by atoms with van der Waals surface area (Å²) in [5.74, 6) is -0.337. The van der Waals surface area contributed by atoms with Gasteiger partial charge in [0.15, 0.2) is 0 Å². The summed E-state index contributed by atoms with van der Waals surface area (Å²) in [5, 5.41) is 11.0. The van der Waals surface area contributed by atoms with Gasteiger partial charge in [-0.05, 0) is 39.8 Å². The number of carbonyl (C=O) groups excluding carboxylic acids is 1. The molecule has 0 fully saturated rings. The molecule has 102 valence electrons. The van der Waals surface area contributed by atoms with Crippen LogP contribution in [0, 0.1) is 11.3 Å². The van der Waals surface area contributed by atoms with E-state index < -0.39 is 20.8 Å². The molecule has 4 nitrogen and oxygen atoms in total. The van der Waals surface area contributed by atoms with E-state index in [2.05, 4.69) is 5.32 Å². The molecule has 0 aliphatic heterocycles. The van der Waals surface area contributed by atoms with Crippen molar-refractivity contribution in [1.29, 1.82) is 5.26 Å². The normalized spacial score (nSPS) is 14.3. The maximum atomic E-state index is 12.1.